The van der Waals surface area contributed by atoms with E-state index in [4.69, 9.17) is 0 Å². The molecule has 3 rings (SSSR count). The average Bonchev–Trinajstić information content (AvgIpc) is 2.51. The monoisotopic (exact) mass is 303 g/mol. The van der Waals surface area contributed by atoms with Gasteiger partial charge in [-0.25, -0.2) is 4.79 Å². The van der Waals surface area contributed by atoms with Crippen LogP contribution in [0.25, 0.3) is 0 Å². The highest BCUT2D eigenvalue weighted by Crippen LogP contribution is 2.29. The van der Waals surface area contributed by atoms with Crippen molar-refractivity contribution in [2.24, 2.45) is 0 Å². The molecule has 1 heterocycles. The van der Waals surface area contributed by atoms with Crippen LogP contribution in [0.1, 0.15) is 40.5 Å². The van der Waals surface area contributed by atoms with Crippen LogP contribution in [0.15, 0.2) is 33.9 Å². The van der Waals surface area contributed by atoms with E-state index in [0.717, 1.165) is 30.4 Å². The number of benzene rings is 1. The number of hydrogen-bond acceptors (Lipinski definition) is 3. The molecule has 1 atom stereocenters. The number of rotatable bonds is 2. The van der Waals surface area contributed by atoms with Crippen LogP contribution in [0.4, 0.5) is 4.39 Å². The molecule has 6 nitrogen and oxygen atoms in total. The molecule has 7 heteroatoms. The Morgan fingerprint density at radius 3 is 2.82 bits per heavy atom. The minimum absolute atomic E-state index is 0.264. The second kappa shape index (κ2) is 5.59. The van der Waals surface area contributed by atoms with Gasteiger partial charge >= 0.3 is 5.69 Å². The number of H-pyrrole nitrogens is 2. The smallest absolute Gasteiger partial charge is 0.326 e. The number of nitrogens with one attached hydrogen (secondary N) is 3. The van der Waals surface area contributed by atoms with E-state index in [2.05, 4.69) is 5.32 Å². The molecular formula is C15H14FN3O3. The minimum Gasteiger partial charge on any atom is -0.344 e. The van der Waals surface area contributed by atoms with E-state index in [1.807, 2.05) is 29.2 Å². The van der Waals surface area contributed by atoms with Gasteiger partial charge in [0.1, 0.15) is 5.69 Å². The van der Waals surface area contributed by atoms with Gasteiger partial charge in [-0.3, -0.25) is 14.6 Å². The first kappa shape index (κ1) is 14.2. The summed E-state index contributed by atoms with van der Waals surface area (Å²) >= 11 is 0. The predicted molar refractivity (Wildman–Crippen MR) is 77.2 cm³/mol. The van der Waals surface area contributed by atoms with Gasteiger partial charge in [0.2, 0.25) is 5.82 Å². The fourth-order valence-electron chi connectivity index (χ4n) is 2.76. The summed E-state index contributed by atoms with van der Waals surface area (Å²) in [6.07, 6.45) is 2.55. The lowest BCUT2D eigenvalue weighted by Gasteiger charge is -2.26. The first-order valence-electron chi connectivity index (χ1n) is 6.97. The largest absolute Gasteiger partial charge is 0.344 e. The Hall–Kier alpha value is -2.70. The Morgan fingerprint density at radius 1 is 1.23 bits per heavy atom. The molecule has 0 saturated heterocycles. The second-order valence-electron chi connectivity index (χ2n) is 5.21. The van der Waals surface area contributed by atoms with Crippen molar-refractivity contribution in [1.29, 1.82) is 0 Å². The molecule has 0 radical (unpaired) electrons. The van der Waals surface area contributed by atoms with Crippen molar-refractivity contribution < 1.29 is 9.18 Å². The van der Waals surface area contributed by atoms with E-state index in [1.54, 1.807) is 4.98 Å². The van der Waals surface area contributed by atoms with Crippen molar-refractivity contribution in [3.8, 4) is 0 Å². The molecule has 0 saturated carbocycles. The Balaban J connectivity index is 1.90. The zero-order valence-corrected chi connectivity index (χ0v) is 11.6. The molecule has 1 aliphatic rings. The van der Waals surface area contributed by atoms with Crippen LogP contribution in [-0.2, 0) is 6.42 Å². The van der Waals surface area contributed by atoms with Crippen LogP contribution in [0, 0.1) is 5.82 Å². The molecule has 2 aromatic rings. The highest BCUT2D eigenvalue weighted by Gasteiger charge is 2.24. The first-order chi connectivity index (χ1) is 10.6. The number of halogens is 1. The molecule has 0 fully saturated rings. The van der Waals surface area contributed by atoms with E-state index in [-0.39, 0.29) is 6.04 Å². The van der Waals surface area contributed by atoms with E-state index < -0.39 is 28.7 Å². The minimum atomic E-state index is -1.29. The molecule has 3 N–H and O–H groups in total. The van der Waals surface area contributed by atoms with Crippen molar-refractivity contribution in [2.45, 2.75) is 25.3 Å². The van der Waals surface area contributed by atoms with Gasteiger partial charge in [0, 0.05) is 0 Å². The molecule has 1 aromatic heterocycles. The fourth-order valence-corrected chi connectivity index (χ4v) is 2.76. The average molecular weight is 303 g/mol. The van der Waals surface area contributed by atoms with E-state index >= 15 is 0 Å². The van der Waals surface area contributed by atoms with Gasteiger partial charge in [0.25, 0.3) is 11.5 Å². The molecule has 1 amide bonds. The maximum absolute atomic E-state index is 13.7. The van der Waals surface area contributed by atoms with E-state index in [0.29, 0.717) is 0 Å². The lowest BCUT2D eigenvalue weighted by Crippen LogP contribution is -2.36. The van der Waals surface area contributed by atoms with Crippen LogP contribution < -0.4 is 16.6 Å². The normalized spacial score (nSPS) is 16.9. The zero-order valence-electron chi connectivity index (χ0n) is 11.6. The molecule has 0 aliphatic heterocycles. The summed E-state index contributed by atoms with van der Waals surface area (Å²) in [7, 11) is 0. The van der Waals surface area contributed by atoms with Crippen molar-refractivity contribution in [2.75, 3.05) is 0 Å². The predicted octanol–water partition coefficient (Wildman–Crippen LogP) is 1.01. The number of fused-ring (bicyclic) bond motifs is 1. The Labute approximate surface area is 124 Å². The van der Waals surface area contributed by atoms with Crippen LogP contribution in [-0.4, -0.2) is 15.9 Å². The SMILES string of the molecule is O=C(NC1CCCc2ccccc21)c1[nH]c(=O)[nH]c(=O)c1F. The number of hydrogen-bond donors (Lipinski definition) is 3. The highest BCUT2D eigenvalue weighted by molar-refractivity contribution is 5.92. The number of amides is 1. The van der Waals surface area contributed by atoms with Crippen LogP contribution >= 0.6 is 0 Å². The van der Waals surface area contributed by atoms with Crippen molar-refractivity contribution >= 4 is 5.91 Å². The summed E-state index contributed by atoms with van der Waals surface area (Å²) < 4.78 is 13.7. The summed E-state index contributed by atoms with van der Waals surface area (Å²) in [5, 5.41) is 2.68. The number of aromatic nitrogens is 2. The number of aryl methyl sites for hydroxylation is 1. The third kappa shape index (κ3) is 2.57. The summed E-state index contributed by atoms with van der Waals surface area (Å²) in [6, 6.07) is 7.44. The number of carbonyl (C=O) groups is 1. The maximum atomic E-state index is 13.7. The lowest BCUT2D eigenvalue weighted by molar-refractivity contribution is 0.0922. The van der Waals surface area contributed by atoms with Crippen LogP contribution in [0.3, 0.4) is 0 Å². The maximum Gasteiger partial charge on any atom is 0.326 e. The molecular weight excluding hydrogens is 289 g/mol. The Kier molecular flexibility index (Phi) is 3.62. The Morgan fingerprint density at radius 2 is 2.00 bits per heavy atom. The van der Waals surface area contributed by atoms with Gasteiger partial charge in [-0.05, 0) is 30.4 Å². The standard InChI is InChI=1S/C15H14FN3O3/c16-11-12(18-15(22)19-13(11)20)14(21)17-10-7-3-5-8-4-1-2-6-9(8)10/h1-2,4,6,10H,3,5,7H2,(H,17,21)(H2,18,19,20,22). The van der Waals surface area contributed by atoms with Crippen LogP contribution in [0.5, 0.6) is 0 Å². The van der Waals surface area contributed by atoms with Gasteiger partial charge in [-0.15, -0.1) is 0 Å². The quantitative estimate of drug-likeness (QED) is 0.772. The summed E-state index contributed by atoms with van der Waals surface area (Å²) in [5.74, 6) is -2.09. The summed E-state index contributed by atoms with van der Waals surface area (Å²) in [6.45, 7) is 0. The molecule has 114 valence electrons. The number of aromatic amines is 2. The van der Waals surface area contributed by atoms with Gasteiger partial charge in [0.05, 0.1) is 6.04 Å². The molecule has 1 unspecified atom stereocenters. The van der Waals surface area contributed by atoms with Crippen LogP contribution in [0.2, 0.25) is 0 Å². The third-order valence-electron chi connectivity index (χ3n) is 3.79. The van der Waals surface area contributed by atoms with E-state index in [1.165, 1.54) is 0 Å². The van der Waals surface area contributed by atoms with Crippen molar-refractivity contribution in [1.82, 2.24) is 15.3 Å². The van der Waals surface area contributed by atoms with Crippen molar-refractivity contribution in [3.63, 3.8) is 0 Å². The summed E-state index contributed by atoms with van der Waals surface area (Å²) in [4.78, 5) is 38.4. The lowest BCUT2D eigenvalue weighted by atomic mass is 9.87. The third-order valence-corrected chi connectivity index (χ3v) is 3.79. The zero-order chi connectivity index (χ0) is 15.7. The second-order valence-corrected chi connectivity index (χ2v) is 5.21. The highest BCUT2D eigenvalue weighted by atomic mass is 19.1. The molecule has 22 heavy (non-hydrogen) atoms. The first-order valence-corrected chi connectivity index (χ1v) is 6.97. The topological polar surface area (TPSA) is 94.8 Å². The molecule has 1 aliphatic carbocycles. The van der Waals surface area contributed by atoms with Gasteiger partial charge < -0.3 is 10.3 Å². The van der Waals surface area contributed by atoms with Gasteiger partial charge in [-0.1, -0.05) is 24.3 Å². The Bertz CT molecular complexity index is 840. The number of carbonyl (C=O) groups excluding carboxylic acids is 1. The molecule has 0 bridgehead atoms. The summed E-state index contributed by atoms with van der Waals surface area (Å²) in [5.41, 5.74) is -0.649. The van der Waals surface area contributed by atoms with E-state index in [9.17, 15) is 18.8 Å². The van der Waals surface area contributed by atoms with Gasteiger partial charge in [-0.2, -0.15) is 4.39 Å². The molecule has 0 spiro atoms. The molecule has 1 aromatic carbocycles. The van der Waals surface area contributed by atoms with Crippen molar-refractivity contribution in [3.05, 3.63) is 67.7 Å². The van der Waals surface area contributed by atoms with Gasteiger partial charge in [0.15, 0.2) is 0 Å². The fraction of sp³-hybridized carbons (Fsp3) is 0.267.